The Labute approximate surface area is 253 Å². The molecule has 1 aromatic rings. The second-order valence-corrected chi connectivity index (χ2v) is 15.9. The molecule has 39 heavy (non-hydrogen) atoms. The van der Waals surface area contributed by atoms with Crippen LogP contribution < -0.4 is 8.35 Å². The van der Waals surface area contributed by atoms with Crippen LogP contribution in [0.3, 0.4) is 0 Å². The summed E-state index contributed by atoms with van der Waals surface area (Å²) in [5.41, 5.74) is 3.54. The molecule has 0 aliphatic carbocycles. The van der Waals surface area contributed by atoms with Crippen molar-refractivity contribution < 1.29 is 9.84 Å². The number of ether oxygens (including phenoxy) is 1. The van der Waals surface area contributed by atoms with Gasteiger partial charge >= 0.3 is 197 Å². The van der Waals surface area contributed by atoms with E-state index in [2.05, 4.69) is 34.6 Å². The summed E-state index contributed by atoms with van der Waals surface area (Å²) in [6.45, 7) is 11.2. The Balaban J connectivity index is 1.69. The van der Waals surface area contributed by atoms with Crippen LogP contribution >= 0.6 is 0 Å². The molecular formula is C36H64O2Te. The summed E-state index contributed by atoms with van der Waals surface area (Å²) in [6, 6.07) is 0. The standard InChI is InChI=1S/C36H64O2Te/c1-6-8-10-12-14-15-16-17-18-19-20-21-22-24-27-36(5)28-26-32-34(38-36)31(4)30(3)33(37)35(32)39-29-25-23-13-11-9-7-2/h37H,6-29H2,1-5H3. The molecule has 2 rings (SSSR count). The molecule has 3 heteroatoms. The van der Waals surface area contributed by atoms with E-state index in [4.69, 9.17) is 4.74 Å². The second kappa shape index (κ2) is 20.5. The zero-order valence-corrected chi connectivity index (χ0v) is 29.1. The van der Waals surface area contributed by atoms with Crippen LogP contribution in [-0.4, -0.2) is 31.6 Å². The molecule has 0 bridgehead atoms. The number of phenolic OH excluding ortho intramolecular Hbond substituents is 1. The Bertz CT molecular complexity index is 789. The van der Waals surface area contributed by atoms with Crippen LogP contribution in [-0.2, 0) is 6.42 Å². The Morgan fingerprint density at radius 3 is 1.64 bits per heavy atom. The topological polar surface area (TPSA) is 29.5 Å². The van der Waals surface area contributed by atoms with Gasteiger partial charge in [0.05, 0.1) is 0 Å². The Morgan fingerprint density at radius 1 is 0.667 bits per heavy atom. The zero-order chi connectivity index (χ0) is 28.3. The van der Waals surface area contributed by atoms with Crippen molar-refractivity contribution in [1.82, 2.24) is 0 Å². The summed E-state index contributed by atoms with van der Waals surface area (Å²) in [5, 5.41) is 11.1. The summed E-state index contributed by atoms with van der Waals surface area (Å²) in [6.07, 6.45) is 31.2. The minimum atomic E-state index is -0.367. The Kier molecular flexibility index (Phi) is 18.3. The van der Waals surface area contributed by atoms with Crippen LogP contribution in [0, 0.1) is 13.8 Å². The van der Waals surface area contributed by atoms with Gasteiger partial charge in [0.25, 0.3) is 0 Å². The molecule has 0 saturated carbocycles. The number of aromatic hydroxyl groups is 1. The van der Waals surface area contributed by atoms with Crippen molar-refractivity contribution in [3.63, 3.8) is 0 Å². The summed E-state index contributed by atoms with van der Waals surface area (Å²) >= 11 is -0.367. The van der Waals surface area contributed by atoms with E-state index >= 15 is 0 Å². The quantitative estimate of drug-likeness (QED) is 0.0939. The number of hydrogen-bond donors (Lipinski definition) is 1. The van der Waals surface area contributed by atoms with Crippen molar-refractivity contribution in [2.24, 2.45) is 0 Å². The molecule has 1 unspecified atom stereocenters. The van der Waals surface area contributed by atoms with Gasteiger partial charge in [-0.1, -0.05) is 58.3 Å². The first-order valence-electron chi connectivity index (χ1n) is 17.1. The molecule has 1 aromatic carbocycles. The normalized spacial score (nSPS) is 16.8. The van der Waals surface area contributed by atoms with Gasteiger partial charge in [0.2, 0.25) is 0 Å². The first-order valence-corrected chi connectivity index (χ1v) is 19.9. The Morgan fingerprint density at radius 2 is 1.13 bits per heavy atom. The third-order valence-electron chi connectivity index (χ3n) is 9.08. The van der Waals surface area contributed by atoms with Gasteiger partial charge in [0.1, 0.15) is 0 Å². The summed E-state index contributed by atoms with van der Waals surface area (Å²) in [5.74, 6) is 1.73. The predicted molar refractivity (Wildman–Crippen MR) is 173 cm³/mol. The van der Waals surface area contributed by atoms with Gasteiger partial charge in [-0.05, 0) is 0 Å². The van der Waals surface area contributed by atoms with Gasteiger partial charge in [0.15, 0.2) is 0 Å². The van der Waals surface area contributed by atoms with Crippen LogP contribution in [0.15, 0.2) is 0 Å². The number of benzene rings is 1. The van der Waals surface area contributed by atoms with E-state index in [1.807, 2.05) is 0 Å². The molecule has 226 valence electrons. The predicted octanol–water partition coefficient (Wildman–Crippen LogP) is 11.1. The number of hydrogen-bond acceptors (Lipinski definition) is 2. The van der Waals surface area contributed by atoms with Gasteiger partial charge in [0, 0.05) is 0 Å². The minimum absolute atomic E-state index is 0.0462. The van der Waals surface area contributed by atoms with E-state index in [-0.39, 0.29) is 26.5 Å². The van der Waals surface area contributed by atoms with E-state index < -0.39 is 0 Å². The molecule has 1 N–H and O–H groups in total. The molecule has 0 saturated heterocycles. The molecule has 0 amide bonds. The third kappa shape index (κ3) is 13.0. The molecule has 1 aliphatic heterocycles. The first kappa shape index (κ1) is 34.8. The molecule has 0 spiro atoms. The molecule has 1 atom stereocenters. The fraction of sp³-hybridized carbons (Fsp3) is 0.833. The van der Waals surface area contributed by atoms with Crippen LogP contribution in [0.2, 0.25) is 4.47 Å². The third-order valence-corrected chi connectivity index (χ3v) is 12.6. The molecule has 1 heterocycles. The van der Waals surface area contributed by atoms with Crippen LogP contribution in [0.1, 0.15) is 179 Å². The van der Waals surface area contributed by atoms with Gasteiger partial charge in [-0.25, -0.2) is 0 Å². The van der Waals surface area contributed by atoms with Crippen molar-refractivity contribution in [2.45, 2.75) is 192 Å². The molecule has 0 radical (unpaired) electrons. The molecule has 2 nitrogen and oxygen atoms in total. The summed E-state index contributed by atoms with van der Waals surface area (Å²) < 4.78 is 9.43. The number of fused-ring (bicyclic) bond motifs is 1. The van der Waals surface area contributed by atoms with Gasteiger partial charge in [-0.15, -0.1) is 0 Å². The van der Waals surface area contributed by atoms with Gasteiger partial charge in [-0.2, -0.15) is 0 Å². The van der Waals surface area contributed by atoms with Gasteiger partial charge < -0.3 is 0 Å². The molecule has 0 fully saturated rings. The molecule has 1 aliphatic rings. The van der Waals surface area contributed by atoms with Crippen LogP contribution in [0.25, 0.3) is 0 Å². The SMILES string of the molecule is CCCCCCCCCCCCCCCCC1(C)CCc2c(c(C)c(C)c(O)c2[Te]CCCCCCCC)O1. The maximum absolute atomic E-state index is 11.1. The monoisotopic (exact) mass is 658 g/mol. The maximum atomic E-state index is 11.1. The average Bonchev–Trinajstić information content (AvgIpc) is 2.93. The fourth-order valence-electron chi connectivity index (χ4n) is 6.12. The molecular weight excluding hydrogens is 592 g/mol. The number of phenols is 1. The van der Waals surface area contributed by atoms with E-state index in [1.165, 1.54) is 148 Å². The second-order valence-electron chi connectivity index (χ2n) is 12.7. The van der Waals surface area contributed by atoms with E-state index in [1.54, 1.807) is 0 Å². The average molecular weight is 657 g/mol. The van der Waals surface area contributed by atoms with E-state index in [9.17, 15) is 5.11 Å². The van der Waals surface area contributed by atoms with E-state index in [0.29, 0.717) is 5.75 Å². The van der Waals surface area contributed by atoms with Crippen LogP contribution in [0.5, 0.6) is 11.5 Å². The van der Waals surface area contributed by atoms with Crippen molar-refractivity contribution in [1.29, 1.82) is 0 Å². The zero-order valence-electron chi connectivity index (χ0n) is 26.7. The van der Waals surface area contributed by atoms with Crippen LogP contribution in [0.4, 0.5) is 0 Å². The van der Waals surface area contributed by atoms with E-state index in [0.717, 1.165) is 30.6 Å². The van der Waals surface area contributed by atoms with Gasteiger partial charge in [-0.3, -0.25) is 0 Å². The number of unbranched alkanes of at least 4 members (excludes halogenated alkanes) is 18. The first-order chi connectivity index (χ1) is 18.9. The number of rotatable bonds is 23. The fourth-order valence-corrected chi connectivity index (χ4v) is 9.58. The molecule has 0 aromatic heterocycles. The summed E-state index contributed by atoms with van der Waals surface area (Å²) in [4.78, 5) is 0. The van der Waals surface area contributed by atoms with Crippen molar-refractivity contribution in [2.75, 3.05) is 0 Å². The summed E-state index contributed by atoms with van der Waals surface area (Å²) in [7, 11) is 0. The van der Waals surface area contributed by atoms with Crippen molar-refractivity contribution >= 4 is 24.5 Å². The van der Waals surface area contributed by atoms with Crippen molar-refractivity contribution in [3.05, 3.63) is 16.7 Å². The Hall–Kier alpha value is -0.390. The van der Waals surface area contributed by atoms with Crippen molar-refractivity contribution in [3.8, 4) is 11.5 Å².